The van der Waals surface area contributed by atoms with Gasteiger partial charge >= 0.3 is 0 Å². The maximum atomic E-state index is 11.7. The van der Waals surface area contributed by atoms with Crippen molar-refractivity contribution in [2.75, 3.05) is 20.1 Å². The first kappa shape index (κ1) is 19.7. The number of hydrogen-bond donors (Lipinski definition) is 3. The molecule has 0 spiro atoms. The van der Waals surface area contributed by atoms with Gasteiger partial charge in [0.1, 0.15) is 5.84 Å². The molecule has 0 aromatic heterocycles. The van der Waals surface area contributed by atoms with Gasteiger partial charge in [-0.15, -0.1) is 0 Å². The third-order valence-electron chi connectivity index (χ3n) is 5.00. The average molecular weight is 380 g/mol. The molecule has 1 saturated carbocycles. The van der Waals surface area contributed by atoms with E-state index in [1.165, 1.54) is 0 Å². The predicted molar refractivity (Wildman–Crippen MR) is 114 cm³/mol. The van der Waals surface area contributed by atoms with Crippen molar-refractivity contribution in [3.05, 3.63) is 47.3 Å². The highest BCUT2D eigenvalue weighted by molar-refractivity contribution is 6.09. The quantitative estimate of drug-likeness (QED) is 0.517. The Morgan fingerprint density at radius 1 is 1.29 bits per heavy atom. The van der Waals surface area contributed by atoms with E-state index in [1.54, 1.807) is 18.0 Å². The highest BCUT2D eigenvalue weighted by Crippen LogP contribution is 2.25. The van der Waals surface area contributed by atoms with Crippen LogP contribution in [0.1, 0.15) is 31.7 Å². The first-order valence-corrected chi connectivity index (χ1v) is 9.57. The number of nitrogens with one attached hydrogen (secondary N) is 1. The van der Waals surface area contributed by atoms with Crippen LogP contribution in [0.15, 0.2) is 51.7 Å². The van der Waals surface area contributed by atoms with E-state index < -0.39 is 0 Å². The molecule has 1 aromatic rings. The second kappa shape index (κ2) is 8.73. The third-order valence-corrected chi connectivity index (χ3v) is 5.00. The molecule has 28 heavy (non-hydrogen) atoms. The molecule has 0 atom stereocenters. The van der Waals surface area contributed by atoms with Gasteiger partial charge in [-0.3, -0.25) is 9.79 Å². The summed E-state index contributed by atoms with van der Waals surface area (Å²) in [6.45, 7) is 2.73. The van der Waals surface area contributed by atoms with Crippen LogP contribution in [0.25, 0.3) is 5.57 Å². The van der Waals surface area contributed by atoms with Crippen molar-refractivity contribution in [3.8, 4) is 0 Å². The maximum absolute atomic E-state index is 11.7. The Morgan fingerprint density at radius 2 is 2.00 bits per heavy atom. The molecule has 1 aliphatic carbocycles. The van der Waals surface area contributed by atoms with Crippen LogP contribution in [-0.4, -0.2) is 49.0 Å². The van der Waals surface area contributed by atoms with Crippen molar-refractivity contribution < 1.29 is 4.79 Å². The zero-order valence-electron chi connectivity index (χ0n) is 16.5. The topological polar surface area (TPSA) is 109 Å². The lowest BCUT2D eigenvalue weighted by molar-refractivity contribution is -0.128. The van der Waals surface area contributed by atoms with Gasteiger partial charge in [0.2, 0.25) is 5.91 Å². The van der Waals surface area contributed by atoms with Gasteiger partial charge in [-0.25, -0.2) is 4.99 Å². The van der Waals surface area contributed by atoms with E-state index in [9.17, 15) is 4.79 Å². The van der Waals surface area contributed by atoms with Crippen molar-refractivity contribution in [3.63, 3.8) is 0 Å². The molecule has 1 fully saturated rings. The van der Waals surface area contributed by atoms with Gasteiger partial charge in [-0.2, -0.15) is 0 Å². The number of carbonyl (C=O) groups is 1. The molecule has 148 valence electrons. The van der Waals surface area contributed by atoms with Crippen LogP contribution >= 0.6 is 0 Å². The second-order valence-corrected chi connectivity index (χ2v) is 7.07. The maximum Gasteiger partial charge on any atom is 0.219 e. The van der Waals surface area contributed by atoms with E-state index >= 15 is 0 Å². The van der Waals surface area contributed by atoms with Crippen molar-refractivity contribution in [1.82, 2.24) is 10.2 Å². The SMILES string of the molecule is CNC1=C(C(N)=Nc2ccc(C(C=NC3CC3)=CN)cc2)CN(C(C)=O)CC1. The van der Waals surface area contributed by atoms with Gasteiger partial charge in [0.25, 0.3) is 0 Å². The fraction of sp³-hybridized carbons (Fsp3) is 0.381. The first-order valence-electron chi connectivity index (χ1n) is 9.57. The van der Waals surface area contributed by atoms with Crippen LogP contribution in [0.5, 0.6) is 0 Å². The minimum Gasteiger partial charge on any atom is -0.404 e. The Hall–Kier alpha value is -3.09. The molecular weight excluding hydrogens is 352 g/mol. The number of nitrogens with two attached hydrogens (primary N) is 2. The molecular formula is C21H28N6O. The minimum atomic E-state index is 0.0405. The molecule has 0 radical (unpaired) electrons. The van der Waals surface area contributed by atoms with E-state index in [4.69, 9.17) is 11.5 Å². The number of amidine groups is 1. The van der Waals surface area contributed by atoms with Gasteiger partial charge in [0.05, 0.1) is 18.3 Å². The highest BCUT2D eigenvalue weighted by atomic mass is 16.2. The van der Waals surface area contributed by atoms with Crippen LogP contribution < -0.4 is 16.8 Å². The third kappa shape index (κ3) is 4.79. The van der Waals surface area contributed by atoms with Crippen LogP contribution in [-0.2, 0) is 4.79 Å². The van der Waals surface area contributed by atoms with Gasteiger partial charge < -0.3 is 21.7 Å². The van der Waals surface area contributed by atoms with Crippen molar-refractivity contribution in [2.24, 2.45) is 21.5 Å². The summed E-state index contributed by atoms with van der Waals surface area (Å²) in [4.78, 5) is 22.5. The van der Waals surface area contributed by atoms with Gasteiger partial charge in [-0.05, 0) is 30.5 Å². The molecule has 5 N–H and O–H groups in total. The molecule has 2 aliphatic rings. The summed E-state index contributed by atoms with van der Waals surface area (Å²) in [6, 6.07) is 8.18. The summed E-state index contributed by atoms with van der Waals surface area (Å²) < 4.78 is 0. The van der Waals surface area contributed by atoms with Crippen LogP contribution in [0.4, 0.5) is 5.69 Å². The number of allylic oxidation sites excluding steroid dienone is 1. The molecule has 1 amide bonds. The van der Waals surface area contributed by atoms with Crippen LogP contribution in [0.3, 0.4) is 0 Å². The zero-order chi connectivity index (χ0) is 20.1. The van der Waals surface area contributed by atoms with E-state index in [1.807, 2.05) is 37.5 Å². The highest BCUT2D eigenvalue weighted by Gasteiger charge is 2.22. The monoisotopic (exact) mass is 380 g/mol. The number of nitrogens with zero attached hydrogens (tertiary/aromatic N) is 3. The lowest BCUT2D eigenvalue weighted by Gasteiger charge is -2.29. The molecule has 3 rings (SSSR count). The number of carbonyl (C=O) groups excluding carboxylic acids is 1. The van der Waals surface area contributed by atoms with E-state index in [2.05, 4.69) is 15.3 Å². The smallest absolute Gasteiger partial charge is 0.219 e. The van der Waals surface area contributed by atoms with Gasteiger partial charge in [0.15, 0.2) is 0 Å². The van der Waals surface area contributed by atoms with E-state index in [0.29, 0.717) is 25.0 Å². The standard InChI is InChI=1S/C21H28N6O/c1-14(28)27-10-9-20(24-2)19(13-27)21(23)26-18-5-3-15(4-6-18)16(11-22)12-25-17-7-8-17/h3-6,11-12,17,24H,7-10,13,22H2,1-2H3,(H2,23,26). The second-order valence-electron chi connectivity index (χ2n) is 7.07. The van der Waals surface area contributed by atoms with E-state index in [-0.39, 0.29) is 5.91 Å². The Morgan fingerprint density at radius 3 is 2.57 bits per heavy atom. The summed E-state index contributed by atoms with van der Waals surface area (Å²) in [6.07, 6.45) is 6.47. The molecule has 7 heteroatoms. The van der Waals surface area contributed by atoms with Crippen LogP contribution in [0.2, 0.25) is 0 Å². The van der Waals surface area contributed by atoms with E-state index in [0.717, 1.165) is 47.4 Å². The van der Waals surface area contributed by atoms with Crippen molar-refractivity contribution in [1.29, 1.82) is 0 Å². The lowest BCUT2D eigenvalue weighted by Crippen LogP contribution is -2.40. The largest absolute Gasteiger partial charge is 0.404 e. The summed E-state index contributed by atoms with van der Waals surface area (Å²) in [5.41, 5.74) is 16.6. The Kier molecular flexibility index (Phi) is 6.13. The number of aliphatic imine (C=N–C) groups is 2. The normalized spacial score (nSPS) is 18.7. The minimum absolute atomic E-state index is 0.0405. The summed E-state index contributed by atoms with van der Waals surface area (Å²) in [5.74, 6) is 0.465. The molecule has 0 saturated heterocycles. The Bertz CT molecular complexity index is 846. The van der Waals surface area contributed by atoms with Crippen LogP contribution in [0, 0.1) is 0 Å². The fourth-order valence-corrected chi connectivity index (χ4v) is 3.10. The van der Waals surface area contributed by atoms with Crippen molar-refractivity contribution in [2.45, 2.75) is 32.2 Å². The first-order chi connectivity index (χ1) is 13.5. The average Bonchev–Trinajstić information content (AvgIpc) is 3.53. The number of rotatable bonds is 6. The van der Waals surface area contributed by atoms with Crippen molar-refractivity contribution >= 4 is 29.2 Å². The number of benzene rings is 1. The molecule has 0 bridgehead atoms. The molecule has 1 heterocycles. The zero-order valence-corrected chi connectivity index (χ0v) is 16.5. The lowest BCUT2D eigenvalue weighted by atomic mass is 10.0. The number of amides is 1. The fourth-order valence-electron chi connectivity index (χ4n) is 3.10. The predicted octanol–water partition coefficient (Wildman–Crippen LogP) is 1.93. The Balaban J connectivity index is 1.78. The Labute approximate surface area is 165 Å². The van der Waals surface area contributed by atoms with Gasteiger partial charge in [-0.1, -0.05) is 12.1 Å². The van der Waals surface area contributed by atoms with Gasteiger partial charge in [0, 0.05) is 56.2 Å². The molecule has 1 aromatic carbocycles. The summed E-state index contributed by atoms with van der Waals surface area (Å²) in [7, 11) is 1.87. The molecule has 7 nitrogen and oxygen atoms in total. The molecule has 1 aliphatic heterocycles. The summed E-state index contributed by atoms with van der Waals surface area (Å²) >= 11 is 0. The number of hydrogen-bond acceptors (Lipinski definition) is 5. The summed E-state index contributed by atoms with van der Waals surface area (Å²) in [5, 5.41) is 3.18. The molecule has 0 unspecified atom stereocenters.